The third-order valence-corrected chi connectivity index (χ3v) is 8.26. The Hall–Kier alpha value is -3.59. The van der Waals surface area contributed by atoms with Crippen LogP contribution in [0.2, 0.25) is 10.0 Å². The predicted molar refractivity (Wildman–Crippen MR) is 199 cm³/mol. The van der Waals surface area contributed by atoms with Crippen LogP contribution in [-0.2, 0) is 16.0 Å². The summed E-state index contributed by atoms with van der Waals surface area (Å²) in [4.78, 5) is 12.1. The largest absolute Gasteiger partial charge is 0.484 e. The van der Waals surface area contributed by atoms with Gasteiger partial charge in [-0.2, -0.15) is 0 Å². The molecular formula is C38H44Cl2N2O4S. The zero-order chi connectivity index (χ0) is 34.2. The molecule has 0 unspecified atom stereocenters. The standard InChI is InChI=1S/C18H19NOS.C14H11Cl2NO2.C6H14O/c1-19-12-11-17(18-10-5-13-21-18)20-16-9-4-7-14-6-2-3-8-15(14)16;15-10-5-3-6-11(16)14(10)17-12-7-2-1-4-9(12)8-13(18)19;1-5(2)7-6(3)4/h2-10,13,17,19H,11-12H2,1H3;1-7,17H,8H2,(H,18,19);5-6H,1-4H3/t17-;;/m1../s1. The van der Waals surface area contributed by atoms with E-state index in [-0.39, 0.29) is 12.5 Å². The first-order chi connectivity index (χ1) is 22.6. The summed E-state index contributed by atoms with van der Waals surface area (Å²) < 4.78 is 11.6. The van der Waals surface area contributed by atoms with Crippen molar-refractivity contribution in [1.82, 2.24) is 5.32 Å². The number of fused-ring (bicyclic) bond motifs is 1. The highest BCUT2D eigenvalue weighted by atomic mass is 35.5. The molecule has 5 rings (SSSR count). The second-order valence-corrected chi connectivity index (χ2v) is 13.0. The zero-order valence-corrected chi connectivity index (χ0v) is 29.8. The molecule has 1 aromatic heterocycles. The van der Waals surface area contributed by atoms with E-state index in [0.29, 0.717) is 39.2 Å². The number of rotatable bonds is 12. The molecule has 4 aromatic carbocycles. The fourth-order valence-corrected chi connectivity index (χ4v) is 6.00. The minimum absolute atomic E-state index is 0.0642. The maximum atomic E-state index is 10.8. The average Bonchev–Trinajstić information content (AvgIpc) is 3.57. The molecule has 0 amide bonds. The Morgan fingerprint density at radius 3 is 2.09 bits per heavy atom. The van der Waals surface area contributed by atoms with E-state index in [1.54, 1.807) is 47.7 Å². The van der Waals surface area contributed by atoms with Gasteiger partial charge >= 0.3 is 5.97 Å². The third kappa shape index (κ3) is 12.9. The van der Waals surface area contributed by atoms with Crippen LogP contribution in [0.25, 0.3) is 10.8 Å². The van der Waals surface area contributed by atoms with Gasteiger partial charge in [0.25, 0.3) is 0 Å². The number of thiophene rings is 1. The predicted octanol–water partition coefficient (Wildman–Crippen LogP) is 10.8. The summed E-state index contributed by atoms with van der Waals surface area (Å²) in [5.41, 5.74) is 1.93. The summed E-state index contributed by atoms with van der Waals surface area (Å²) in [6, 6.07) is 31.2. The first-order valence-corrected chi connectivity index (χ1v) is 17.2. The Bertz CT molecular complexity index is 1630. The Kier molecular flexibility index (Phi) is 16.1. The number of carboxylic acid groups (broad SMARTS) is 1. The molecule has 9 heteroatoms. The minimum Gasteiger partial charge on any atom is -0.484 e. The number of halogens is 2. The van der Waals surface area contributed by atoms with Crippen molar-refractivity contribution in [2.45, 2.75) is 58.8 Å². The van der Waals surface area contributed by atoms with Gasteiger partial charge in [0.05, 0.1) is 34.4 Å². The number of hydrogen-bond acceptors (Lipinski definition) is 6. The number of carbonyl (C=O) groups is 1. The summed E-state index contributed by atoms with van der Waals surface area (Å²) in [5.74, 6) is 0.0714. The average molecular weight is 696 g/mol. The molecule has 0 saturated heterocycles. The van der Waals surface area contributed by atoms with Crippen LogP contribution in [0.1, 0.15) is 50.7 Å². The fourth-order valence-electron chi connectivity index (χ4n) is 4.72. The molecule has 0 saturated carbocycles. The van der Waals surface area contributed by atoms with Crippen LogP contribution in [0.5, 0.6) is 5.75 Å². The molecule has 0 aliphatic rings. The smallest absolute Gasteiger partial charge is 0.307 e. The van der Waals surface area contributed by atoms with E-state index in [9.17, 15) is 4.79 Å². The fraction of sp³-hybridized carbons (Fsp3) is 0.289. The molecule has 0 aliphatic carbocycles. The van der Waals surface area contributed by atoms with Gasteiger partial charge in [0.2, 0.25) is 0 Å². The van der Waals surface area contributed by atoms with Gasteiger partial charge in [-0.15, -0.1) is 11.3 Å². The first-order valence-electron chi connectivity index (χ1n) is 15.6. The highest BCUT2D eigenvalue weighted by molar-refractivity contribution is 7.10. The van der Waals surface area contributed by atoms with E-state index in [2.05, 4.69) is 70.6 Å². The number of aliphatic carboxylic acids is 1. The van der Waals surface area contributed by atoms with E-state index in [4.69, 9.17) is 37.8 Å². The van der Waals surface area contributed by atoms with Crippen molar-refractivity contribution in [2.24, 2.45) is 0 Å². The molecule has 0 radical (unpaired) electrons. The van der Waals surface area contributed by atoms with Crippen molar-refractivity contribution >= 4 is 62.7 Å². The number of carboxylic acids is 1. The van der Waals surface area contributed by atoms with Crippen LogP contribution in [0.3, 0.4) is 0 Å². The van der Waals surface area contributed by atoms with E-state index >= 15 is 0 Å². The van der Waals surface area contributed by atoms with Crippen LogP contribution in [0, 0.1) is 0 Å². The SMILES string of the molecule is CC(C)OC(C)C.CNCC[C@@H](Oc1cccc2ccccc12)c1cccs1.O=C(O)Cc1ccccc1Nc1c(Cl)cccc1Cl. The number of nitrogens with one attached hydrogen (secondary N) is 2. The molecule has 6 nitrogen and oxygen atoms in total. The second-order valence-electron chi connectivity index (χ2n) is 11.2. The molecule has 1 atom stereocenters. The molecule has 250 valence electrons. The summed E-state index contributed by atoms with van der Waals surface area (Å²) in [6.45, 7) is 9.10. The third-order valence-electron chi connectivity index (χ3n) is 6.66. The van der Waals surface area contributed by atoms with E-state index in [1.807, 2.05) is 40.8 Å². The molecule has 0 bridgehead atoms. The molecule has 3 N–H and O–H groups in total. The summed E-state index contributed by atoms with van der Waals surface area (Å²) in [6.07, 6.45) is 1.74. The molecule has 1 heterocycles. The Labute approximate surface area is 292 Å². The quantitative estimate of drug-likeness (QED) is 0.121. The molecule has 47 heavy (non-hydrogen) atoms. The molecular weight excluding hydrogens is 651 g/mol. The number of ether oxygens (including phenoxy) is 2. The van der Waals surface area contributed by atoms with Gasteiger partial charge in [0.15, 0.2) is 0 Å². The lowest BCUT2D eigenvalue weighted by Gasteiger charge is -2.19. The maximum absolute atomic E-state index is 10.8. The normalized spacial score (nSPS) is 11.3. The Morgan fingerprint density at radius 1 is 0.830 bits per heavy atom. The van der Waals surface area contributed by atoms with Crippen molar-refractivity contribution in [3.05, 3.63) is 123 Å². The lowest BCUT2D eigenvalue weighted by molar-refractivity contribution is -0.136. The van der Waals surface area contributed by atoms with Gasteiger partial charge in [-0.05, 0) is 87.9 Å². The van der Waals surface area contributed by atoms with Gasteiger partial charge in [-0.25, -0.2) is 0 Å². The lowest BCUT2D eigenvalue weighted by atomic mass is 10.1. The van der Waals surface area contributed by atoms with Crippen molar-refractivity contribution in [3.8, 4) is 5.75 Å². The van der Waals surface area contributed by atoms with Crippen molar-refractivity contribution < 1.29 is 19.4 Å². The van der Waals surface area contributed by atoms with Gasteiger partial charge in [-0.1, -0.05) is 89.9 Å². The Morgan fingerprint density at radius 2 is 1.47 bits per heavy atom. The highest BCUT2D eigenvalue weighted by Gasteiger charge is 2.15. The molecule has 0 aliphatic heterocycles. The van der Waals surface area contributed by atoms with Crippen LogP contribution in [-0.4, -0.2) is 36.9 Å². The van der Waals surface area contributed by atoms with E-state index in [0.717, 1.165) is 18.7 Å². The number of benzene rings is 4. The maximum Gasteiger partial charge on any atom is 0.307 e. The summed E-state index contributed by atoms with van der Waals surface area (Å²) in [5, 5.41) is 20.6. The first kappa shape index (κ1) is 37.9. The summed E-state index contributed by atoms with van der Waals surface area (Å²) in [7, 11) is 1.98. The van der Waals surface area contributed by atoms with Crippen LogP contribution in [0.15, 0.2) is 102 Å². The van der Waals surface area contributed by atoms with E-state index in [1.165, 1.54) is 15.6 Å². The number of anilines is 2. The van der Waals surface area contributed by atoms with Crippen LogP contribution in [0.4, 0.5) is 11.4 Å². The van der Waals surface area contributed by atoms with Gasteiger partial charge in [0, 0.05) is 22.4 Å². The van der Waals surface area contributed by atoms with Crippen LogP contribution >= 0.6 is 34.5 Å². The van der Waals surface area contributed by atoms with Gasteiger partial charge < -0.3 is 25.2 Å². The topological polar surface area (TPSA) is 79.8 Å². The number of para-hydroxylation sites is 2. The monoisotopic (exact) mass is 694 g/mol. The number of hydrogen-bond donors (Lipinski definition) is 3. The van der Waals surface area contributed by atoms with Crippen LogP contribution < -0.4 is 15.4 Å². The lowest BCUT2D eigenvalue weighted by Crippen LogP contribution is -2.15. The zero-order valence-electron chi connectivity index (χ0n) is 27.5. The molecule has 5 aromatic rings. The molecule has 0 fully saturated rings. The summed E-state index contributed by atoms with van der Waals surface area (Å²) >= 11 is 13.9. The van der Waals surface area contributed by atoms with Gasteiger partial charge in [-0.3, -0.25) is 4.79 Å². The highest BCUT2D eigenvalue weighted by Crippen LogP contribution is 2.34. The Balaban J connectivity index is 0.000000214. The van der Waals surface area contributed by atoms with Crippen molar-refractivity contribution in [1.29, 1.82) is 0 Å². The van der Waals surface area contributed by atoms with E-state index < -0.39 is 5.97 Å². The molecule has 0 spiro atoms. The second kappa shape index (κ2) is 19.9. The van der Waals surface area contributed by atoms with Crippen molar-refractivity contribution in [2.75, 3.05) is 18.9 Å². The van der Waals surface area contributed by atoms with Crippen molar-refractivity contribution in [3.63, 3.8) is 0 Å². The van der Waals surface area contributed by atoms with Gasteiger partial charge in [0.1, 0.15) is 11.9 Å². The minimum atomic E-state index is -0.889.